The van der Waals surface area contributed by atoms with Gasteiger partial charge in [-0.05, 0) is 32.9 Å². The number of hydrogen-bond acceptors (Lipinski definition) is 1. The summed E-state index contributed by atoms with van der Waals surface area (Å²) >= 11 is 0. The largest absolute Gasteiger partial charge is 0.459 e. The average molecular weight is 216 g/mol. The quantitative estimate of drug-likeness (QED) is 0.462. The number of rotatable bonds is 6. The summed E-state index contributed by atoms with van der Waals surface area (Å²) in [5.74, 6) is 1.12. The molecule has 0 spiro atoms. The molecule has 0 aliphatic heterocycles. The van der Waals surface area contributed by atoms with E-state index in [1.807, 2.05) is 45.1 Å². The van der Waals surface area contributed by atoms with E-state index in [9.17, 15) is 0 Å². The van der Waals surface area contributed by atoms with Crippen molar-refractivity contribution in [3.63, 3.8) is 0 Å². The molecule has 0 rings (SSSR count). The molecule has 1 nitrogen and oxygen atoms in total. The van der Waals surface area contributed by atoms with Crippen LogP contribution in [-0.4, -0.2) is 0 Å². The van der Waals surface area contributed by atoms with Crippen molar-refractivity contribution in [2.75, 3.05) is 0 Å². The number of allylic oxidation sites excluding steroid dienone is 7. The fourth-order valence-electron chi connectivity index (χ4n) is 0.792. The molecule has 0 aromatic rings. The lowest BCUT2D eigenvalue weighted by atomic mass is 10.2. The van der Waals surface area contributed by atoms with Gasteiger partial charge in [0.2, 0.25) is 0 Å². The van der Waals surface area contributed by atoms with E-state index in [1.54, 1.807) is 6.08 Å². The van der Waals surface area contributed by atoms with Crippen molar-refractivity contribution in [3.05, 3.63) is 72.8 Å². The van der Waals surface area contributed by atoms with Crippen molar-refractivity contribution in [1.82, 2.24) is 0 Å². The highest BCUT2D eigenvalue weighted by atomic mass is 16.5. The Bertz CT molecular complexity index is 365. The third-order valence-electron chi connectivity index (χ3n) is 1.80. The van der Waals surface area contributed by atoms with Gasteiger partial charge in [-0.25, -0.2) is 0 Å². The molecule has 0 radical (unpaired) electrons. The Hall–Kier alpha value is -1.76. The summed E-state index contributed by atoms with van der Waals surface area (Å²) in [6, 6.07) is 0. The van der Waals surface area contributed by atoms with Crippen molar-refractivity contribution in [2.45, 2.75) is 20.8 Å². The van der Waals surface area contributed by atoms with Crippen LogP contribution in [0.15, 0.2) is 72.8 Å². The van der Waals surface area contributed by atoms with E-state index in [1.165, 1.54) is 0 Å². The van der Waals surface area contributed by atoms with Gasteiger partial charge in [-0.2, -0.15) is 0 Å². The van der Waals surface area contributed by atoms with Crippen molar-refractivity contribution >= 4 is 0 Å². The first-order chi connectivity index (χ1) is 7.45. The molecular formula is C15H20O. The second kappa shape index (κ2) is 7.52. The predicted molar refractivity (Wildman–Crippen MR) is 71.9 cm³/mol. The van der Waals surface area contributed by atoms with Crippen LogP contribution in [0.4, 0.5) is 0 Å². The molecule has 0 aromatic heterocycles. The second-order valence-electron chi connectivity index (χ2n) is 3.58. The van der Waals surface area contributed by atoms with Crippen LogP contribution in [0.25, 0.3) is 0 Å². The zero-order valence-electron chi connectivity index (χ0n) is 10.4. The average Bonchev–Trinajstić information content (AvgIpc) is 2.23. The Morgan fingerprint density at radius 3 is 1.81 bits per heavy atom. The molecule has 0 aliphatic carbocycles. The standard InChI is InChI=1S/C15H20O/c1-7-13(4)9-11-15(6)16-14(5)10-8-12(2)3/h7-11H,2,5-6H2,1,3-4H3/b10-8-,11-9-,13-7-. The monoisotopic (exact) mass is 216 g/mol. The Labute approximate surface area is 98.8 Å². The third kappa shape index (κ3) is 7.63. The van der Waals surface area contributed by atoms with E-state index in [2.05, 4.69) is 19.7 Å². The van der Waals surface area contributed by atoms with Crippen LogP contribution in [0.1, 0.15) is 20.8 Å². The Balaban J connectivity index is 4.21. The van der Waals surface area contributed by atoms with E-state index in [-0.39, 0.29) is 0 Å². The Kier molecular flexibility index (Phi) is 6.69. The molecule has 0 unspecified atom stereocenters. The lowest BCUT2D eigenvalue weighted by Gasteiger charge is -2.04. The summed E-state index contributed by atoms with van der Waals surface area (Å²) < 4.78 is 5.36. The van der Waals surface area contributed by atoms with Gasteiger partial charge in [-0.1, -0.05) is 49.1 Å². The highest BCUT2D eigenvalue weighted by Crippen LogP contribution is 2.08. The predicted octanol–water partition coefficient (Wildman–Crippen LogP) is 4.69. The molecule has 16 heavy (non-hydrogen) atoms. The normalized spacial score (nSPS) is 12.1. The van der Waals surface area contributed by atoms with E-state index in [0.717, 1.165) is 11.1 Å². The Morgan fingerprint density at radius 1 is 0.875 bits per heavy atom. The molecule has 0 fully saturated rings. The number of hydrogen-bond donors (Lipinski definition) is 0. The smallest absolute Gasteiger partial charge is 0.120 e. The maximum Gasteiger partial charge on any atom is 0.120 e. The summed E-state index contributed by atoms with van der Waals surface area (Å²) in [7, 11) is 0. The minimum absolute atomic E-state index is 0.552. The summed E-state index contributed by atoms with van der Waals surface area (Å²) in [5.41, 5.74) is 2.11. The van der Waals surface area contributed by atoms with Crippen LogP contribution in [0.3, 0.4) is 0 Å². The van der Waals surface area contributed by atoms with Gasteiger partial charge in [0.25, 0.3) is 0 Å². The summed E-state index contributed by atoms with van der Waals surface area (Å²) in [6.45, 7) is 17.2. The fraction of sp³-hybridized carbons (Fsp3) is 0.200. The maximum absolute atomic E-state index is 5.36. The zero-order valence-corrected chi connectivity index (χ0v) is 10.4. The molecule has 0 atom stereocenters. The molecule has 0 N–H and O–H groups in total. The first-order valence-corrected chi connectivity index (χ1v) is 5.16. The molecule has 86 valence electrons. The van der Waals surface area contributed by atoms with Gasteiger partial charge in [-0.15, -0.1) is 0 Å². The maximum atomic E-state index is 5.36. The number of ether oxygens (including phenoxy) is 1. The van der Waals surface area contributed by atoms with Crippen molar-refractivity contribution < 1.29 is 4.74 Å². The van der Waals surface area contributed by atoms with Gasteiger partial charge >= 0.3 is 0 Å². The molecular weight excluding hydrogens is 196 g/mol. The molecule has 0 bridgehead atoms. The van der Waals surface area contributed by atoms with Gasteiger partial charge in [0, 0.05) is 0 Å². The van der Waals surface area contributed by atoms with Crippen LogP contribution in [0, 0.1) is 0 Å². The highest BCUT2D eigenvalue weighted by Gasteiger charge is 1.91. The first kappa shape index (κ1) is 14.2. The molecule has 0 saturated carbocycles. The van der Waals surface area contributed by atoms with Gasteiger partial charge in [-0.3, -0.25) is 0 Å². The van der Waals surface area contributed by atoms with Crippen LogP contribution < -0.4 is 0 Å². The highest BCUT2D eigenvalue weighted by molar-refractivity contribution is 5.25. The topological polar surface area (TPSA) is 9.23 Å². The van der Waals surface area contributed by atoms with E-state index >= 15 is 0 Å². The van der Waals surface area contributed by atoms with E-state index in [0.29, 0.717) is 11.5 Å². The lowest BCUT2D eigenvalue weighted by Crippen LogP contribution is -1.85. The van der Waals surface area contributed by atoms with Crippen LogP contribution in [0.2, 0.25) is 0 Å². The van der Waals surface area contributed by atoms with Crippen molar-refractivity contribution in [2.24, 2.45) is 0 Å². The third-order valence-corrected chi connectivity index (χ3v) is 1.80. The van der Waals surface area contributed by atoms with Gasteiger partial charge < -0.3 is 4.74 Å². The fourth-order valence-corrected chi connectivity index (χ4v) is 0.792. The lowest BCUT2D eigenvalue weighted by molar-refractivity contribution is 0.340. The van der Waals surface area contributed by atoms with Crippen molar-refractivity contribution in [1.29, 1.82) is 0 Å². The minimum Gasteiger partial charge on any atom is -0.459 e. The van der Waals surface area contributed by atoms with Gasteiger partial charge in [0.1, 0.15) is 11.5 Å². The molecule has 0 aliphatic rings. The molecule has 0 heterocycles. The second-order valence-corrected chi connectivity index (χ2v) is 3.58. The first-order valence-electron chi connectivity index (χ1n) is 5.16. The van der Waals surface area contributed by atoms with Crippen LogP contribution in [-0.2, 0) is 4.74 Å². The SMILES string of the molecule is C=C(C)/C=C\C(=C)OC(=C)/C=C\C(C)=C/C. The van der Waals surface area contributed by atoms with Crippen molar-refractivity contribution in [3.8, 4) is 0 Å². The molecule has 1 heteroatoms. The van der Waals surface area contributed by atoms with Gasteiger partial charge in [0.15, 0.2) is 0 Å². The van der Waals surface area contributed by atoms with Crippen LogP contribution >= 0.6 is 0 Å². The minimum atomic E-state index is 0.552. The Morgan fingerprint density at radius 2 is 1.38 bits per heavy atom. The van der Waals surface area contributed by atoms with Crippen LogP contribution in [0.5, 0.6) is 0 Å². The zero-order chi connectivity index (χ0) is 12.6. The molecule has 0 aromatic carbocycles. The summed E-state index contributed by atoms with van der Waals surface area (Å²) in [6.07, 6.45) is 9.38. The summed E-state index contributed by atoms with van der Waals surface area (Å²) in [5, 5.41) is 0. The van der Waals surface area contributed by atoms with Gasteiger partial charge in [0.05, 0.1) is 0 Å². The molecule has 0 amide bonds. The summed E-state index contributed by atoms with van der Waals surface area (Å²) in [4.78, 5) is 0. The van der Waals surface area contributed by atoms with E-state index in [4.69, 9.17) is 4.74 Å². The van der Waals surface area contributed by atoms with E-state index < -0.39 is 0 Å². The molecule has 0 saturated heterocycles.